The van der Waals surface area contributed by atoms with Gasteiger partial charge in [-0.05, 0) is 37.0 Å². The van der Waals surface area contributed by atoms with Gasteiger partial charge in [0.25, 0.3) is 0 Å². The van der Waals surface area contributed by atoms with Crippen molar-refractivity contribution in [2.75, 3.05) is 7.11 Å². The van der Waals surface area contributed by atoms with Crippen molar-refractivity contribution in [3.8, 4) is 17.1 Å². The van der Waals surface area contributed by atoms with Crippen molar-refractivity contribution in [2.45, 2.75) is 38.0 Å². The summed E-state index contributed by atoms with van der Waals surface area (Å²) in [4.78, 5) is 12.7. The van der Waals surface area contributed by atoms with Crippen LogP contribution >= 0.6 is 0 Å². The lowest BCUT2D eigenvalue weighted by molar-refractivity contribution is 0.310. The molecule has 2 aromatic heterocycles. The van der Waals surface area contributed by atoms with Crippen LogP contribution in [0.4, 0.5) is 0 Å². The van der Waals surface area contributed by atoms with Crippen molar-refractivity contribution in [3.05, 3.63) is 53.9 Å². The molecule has 3 aromatic rings. The van der Waals surface area contributed by atoms with E-state index in [1.807, 2.05) is 6.92 Å². The standard InChI is InChI=1S/C19H20N4O2/c1-13-5-6-15(9-16(13)24-2)19(7-3-4-8-19)18-22-17(23-25-18)14-10-20-12-21-11-14/h5-6,9-12H,3-4,7-8H2,1-2H3. The Morgan fingerprint density at radius 1 is 1.12 bits per heavy atom. The van der Waals surface area contributed by atoms with E-state index in [2.05, 4.69) is 33.3 Å². The highest BCUT2D eigenvalue weighted by Gasteiger charge is 2.43. The van der Waals surface area contributed by atoms with Crippen molar-refractivity contribution in [1.82, 2.24) is 20.1 Å². The van der Waals surface area contributed by atoms with Gasteiger partial charge < -0.3 is 9.26 Å². The second-order valence-electron chi connectivity index (χ2n) is 6.52. The Morgan fingerprint density at radius 3 is 2.60 bits per heavy atom. The maximum atomic E-state index is 5.71. The fraction of sp³-hybridized carbons (Fsp3) is 0.368. The number of methoxy groups -OCH3 is 1. The fourth-order valence-corrected chi connectivity index (χ4v) is 3.67. The summed E-state index contributed by atoms with van der Waals surface area (Å²) >= 11 is 0. The molecule has 0 atom stereocenters. The van der Waals surface area contributed by atoms with E-state index in [-0.39, 0.29) is 5.41 Å². The molecular weight excluding hydrogens is 316 g/mol. The number of hydrogen-bond donors (Lipinski definition) is 0. The molecule has 0 spiro atoms. The Hall–Kier alpha value is -2.76. The highest BCUT2D eigenvalue weighted by atomic mass is 16.5. The van der Waals surface area contributed by atoms with Gasteiger partial charge >= 0.3 is 0 Å². The van der Waals surface area contributed by atoms with E-state index in [9.17, 15) is 0 Å². The molecule has 0 unspecified atom stereocenters. The van der Waals surface area contributed by atoms with Crippen molar-refractivity contribution in [2.24, 2.45) is 0 Å². The van der Waals surface area contributed by atoms with E-state index in [0.717, 1.165) is 42.6 Å². The maximum absolute atomic E-state index is 5.71. The Bertz CT molecular complexity index is 870. The average Bonchev–Trinajstić information content (AvgIpc) is 3.33. The number of aryl methyl sites for hydroxylation is 1. The van der Waals surface area contributed by atoms with Crippen LogP contribution in [0, 0.1) is 6.92 Å². The van der Waals surface area contributed by atoms with Crippen molar-refractivity contribution < 1.29 is 9.26 Å². The molecule has 0 bridgehead atoms. The number of rotatable bonds is 4. The highest BCUT2D eigenvalue weighted by molar-refractivity contribution is 5.51. The molecule has 0 amide bonds. The van der Waals surface area contributed by atoms with Gasteiger partial charge in [-0.1, -0.05) is 30.1 Å². The first-order valence-electron chi connectivity index (χ1n) is 8.48. The van der Waals surface area contributed by atoms with Crippen LogP contribution in [0.25, 0.3) is 11.4 Å². The summed E-state index contributed by atoms with van der Waals surface area (Å²) in [6.45, 7) is 2.05. The van der Waals surface area contributed by atoms with Gasteiger partial charge in [-0.25, -0.2) is 9.97 Å². The number of nitrogens with zero attached hydrogens (tertiary/aromatic N) is 4. The Balaban J connectivity index is 1.78. The molecule has 25 heavy (non-hydrogen) atoms. The first-order chi connectivity index (χ1) is 12.2. The molecule has 6 heteroatoms. The minimum Gasteiger partial charge on any atom is -0.496 e. The highest BCUT2D eigenvalue weighted by Crippen LogP contribution is 2.47. The van der Waals surface area contributed by atoms with Gasteiger partial charge in [0, 0.05) is 12.4 Å². The molecule has 1 saturated carbocycles. The molecular formula is C19H20N4O2. The van der Waals surface area contributed by atoms with Gasteiger partial charge in [-0.3, -0.25) is 0 Å². The van der Waals surface area contributed by atoms with E-state index in [0.29, 0.717) is 11.7 Å². The van der Waals surface area contributed by atoms with Crippen LogP contribution in [0.1, 0.15) is 42.7 Å². The van der Waals surface area contributed by atoms with Crippen LogP contribution in [-0.2, 0) is 5.41 Å². The van der Waals surface area contributed by atoms with Gasteiger partial charge in [-0.2, -0.15) is 4.98 Å². The van der Waals surface area contributed by atoms with Crippen LogP contribution in [0.2, 0.25) is 0 Å². The summed E-state index contributed by atoms with van der Waals surface area (Å²) in [7, 11) is 1.70. The van der Waals surface area contributed by atoms with Crippen LogP contribution in [0.15, 0.2) is 41.4 Å². The van der Waals surface area contributed by atoms with Crippen LogP contribution < -0.4 is 4.74 Å². The smallest absolute Gasteiger partial charge is 0.237 e. The Labute approximate surface area is 146 Å². The molecule has 128 valence electrons. The van der Waals surface area contributed by atoms with Crippen molar-refractivity contribution in [1.29, 1.82) is 0 Å². The molecule has 0 aliphatic heterocycles. The zero-order valence-corrected chi connectivity index (χ0v) is 14.4. The van der Waals surface area contributed by atoms with Gasteiger partial charge in [0.1, 0.15) is 12.1 Å². The third-order valence-electron chi connectivity index (χ3n) is 5.07. The largest absolute Gasteiger partial charge is 0.496 e. The minimum absolute atomic E-state index is 0.248. The predicted octanol–water partition coefficient (Wildman–Crippen LogP) is 3.70. The quantitative estimate of drug-likeness (QED) is 0.723. The van der Waals surface area contributed by atoms with E-state index in [1.165, 1.54) is 11.9 Å². The lowest BCUT2D eigenvalue weighted by Gasteiger charge is -2.26. The summed E-state index contributed by atoms with van der Waals surface area (Å²) in [6, 6.07) is 6.35. The van der Waals surface area contributed by atoms with Crippen LogP contribution in [0.5, 0.6) is 5.75 Å². The molecule has 6 nitrogen and oxygen atoms in total. The molecule has 0 saturated heterocycles. The minimum atomic E-state index is -0.248. The summed E-state index contributed by atoms with van der Waals surface area (Å²) in [5, 5.41) is 4.16. The molecule has 1 aliphatic rings. The van der Waals surface area contributed by atoms with Gasteiger partial charge in [0.2, 0.25) is 11.7 Å². The Kier molecular flexibility index (Phi) is 3.95. The summed E-state index contributed by atoms with van der Waals surface area (Å²) < 4.78 is 11.2. The summed E-state index contributed by atoms with van der Waals surface area (Å²) in [5.41, 5.74) is 2.80. The number of aromatic nitrogens is 4. The fourth-order valence-electron chi connectivity index (χ4n) is 3.67. The van der Waals surface area contributed by atoms with E-state index in [4.69, 9.17) is 14.2 Å². The van der Waals surface area contributed by atoms with E-state index in [1.54, 1.807) is 19.5 Å². The lowest BCUT2D eigenvalue weighted by atomic mass is 9.78. The van der Waals surface area contributed by atoms with Crippen molar-refractivity contribution >= 4 is 0 Å². The third kappa shape index (κ3) is 2.67. The SMILES string of the molecule is COc1cc(C2(c3nc(-c4cncnc4)no3)CCCC2)ccc1C. The third-order valence-corrected chi connectivity index (χ3v) is 5.07. The maximum Gasteiger partial charge on any atom is 0.237 e. The van der Waals surface area contributed by atoms with Gasteiger partial charge in [0.05, 0.1) is 18.1 Å². The lowest BCUT2D eigenvalue weighted by Crippen LogP contribution is -2.24. The van der Waals surface area contributed by atoms with Crippen molar-refractivity contribution in [3.63, 3.8) is 0 Å². The number of ether oxygens (including phenoxy) is 1. The average molecular weight is 336 g/mol. The second-order valence-corrected chi connectivity index (χ2v) is 6.52. The molecule has 4 rings (SSSR count). The van der Waals surface area contributed by atoms with Gasteiger partial charge in [-0.15, -0.1) is 0 Å². The molecule has 1 aliphatic carbocycles. The predicted molar refractivity (Wildman–Crippen MR) is 92.3 cm³/mol. The van der Waals surface area contributed by atoms with Crippen LogP contribution in [-0.4, -0.2) is 27.2 Å². The first kappa shape index (κ1) is 15.7. The second kappa shape index (κ2) is 6.27. The zero-order chi connectivity index (χ0) is 17.3. The summed E-state index contributed by atoms with van der Waals surface area (Å²) in [5.74, 6) is 2.08. The zero-order valence-electron chi connectivity index (χ0n) is 14.4. The normalized spacial score (nSPS) is 16.1. The molecule has 1 fully saturated rings. The first-order valence-corrected chi connectivity index (χ1v) is 8.48. The number of hydrogen-bond acceptors (Lipinski definition) is 6. The topological polar surface area (TPSA) is 73.9 Å². The molecule has 2 heterocycles. The molecule has 1 aromatic carbocycles. The van der Waals surface area contributed by atoms with E-state index >= 15 is 0 Å². The molecule has 0 radical (unpaired) electrons. The van der Waals surface area contributed by atoms with Gasteiger partial charge in [0.15, 0.2) is 0 Å². The Morgan fingerprint density at radius 2 is 1.88 bits per heavy atom. The van der Waals surface area contributed by atoms with Crippen LogP contribution in [0.3, 0.4) is 0 Å². The monoisotopic (exact) mass is 336 g/mol. The summed E-state index contributed by atoms with van der Waals surface area (Å²) in [6.07, 6.45) is 9.14. The van der Waals surface area contributed by atoms with E-state index < -0.39 is 0 Å². The molecule has 0 N–H and O–H groups in total. The number of benzene rings is 1.